The van der Waals surface area contributed by atoms with Crippen molar-refractivity contribution in [1.29, 1.82) is 0 Å². The maximum absolute atomic E-state index is 10.6. The third-order valence-electron chi connectivity index (χ3n) is 4.74. The molecule has 0 amide bonds. The van der Waals surface area contributed by atoms with E-state index in [1.54, 1.807) is 12.5 Å². The zero-order valence-electron chi connectivity index (χ0n) is 15.4. The summed E-state index contributed by atoms with van der Waals surface area (Å²) in [6, 6.07) is 10.1. The number of pyridine rings is 1. The van der Waals surface area contributed by atoms with Crippen molar-refractivity contribution >= 4 is 5.97 Å². The number of halogens is 3. The van der Waals surface area contributed by atoms with Crippen LogP contribution in [0, 0.1) is 0 Å². The average Bonchev–Trinajstić information content (AvgIpc) is 3.33. The lowest BCUT2D eigenvalue weighted by Crippen LogP contribution is -2.51. The summed E-state index contributed by atoms with van der Waals surface area (Å²) in [4.78, 5) is 15.6. The minimum Gasteiger partial charge on any atom is -0.475 e. The minimum absolute atomic E-state index is 0.0827. The lowest BCUT2D eigenvalue weighted by molar-refractivity contribution is -0.192. The first-order valence-electron chi connectivity index (χ1n) is 9.10. The van der Waals surface area contributed by atoms with Crippen LogP contribution in [0.15, 0.2) is 47.2 Å². The molecule has 10 heteroatoms. The van der Waals surface area contributed by atoms with Gasteiger partial charge in [-0.3, -0.25) is 4.90 Å². The van der Waals surface area contributed by atoms with Gasteiger partial charge in [-0.05, 0) is 31.0 Å². The number of morpholine rings is 1. The van der Waals surface area contributed by atoms with E-state index in [4.69, 9.17) is 23.8 Å². The molecule has 2 fully saturated rings. The van der Waals surface area contributed by atoms with E-state index >= 15 is 0 Å². The number of aliphatic carboxylic acids is 1. The van der Waals surface area contributed by atoms with Crippen LogP contribution < -0.4 is 4.74 Å². The molecule has 0 spiro atoms. The smallest absolute Gasteiger partial charge is 0.475 e. The monoisotopic (exact) mass is 414 g/mol. The van der Waals surface area contributed by atoms with Crippen molar-refractivity contribution in [2.24, 2.45) is 0 Å². The Morgan fingerprint density at radius 2 is 2.07 bits per heavy atom. The van der Waals surface area contributed by atoms with Gasteiger partial charge in [0.15, 0.2) is 0 Å². The normalized spacial score (nSPS) is 24.3. The molecular formula is C19H21F3N2O5. The first-order chi connectivity index (χ1) is 13.8. The maximum atomic E-state index is 10.6. The molecule has 0 aromatic carbocycles. The number of aromatic nitrogens is 1. The molecule has 29 heavy (non-hydrogen) atoms. The Kier molecular flexibility index (Phi) is 6.75. The van der Waals surface area contributed by atoms with Gasteiger partial charge in [0.1, 0.15) is 18.0 Å². The number of hydrogen-bond donors (Lipinski definition) is 1. The number of fused-ring (bicyclic) bond motifs is 1. The van der Waals surface area contributed by atoms with Crippen molar-refractivity contribution in [1.82, 2.24) is 9.88 Å². The number of nitrogens with zero attached hydrogens (tertiary/aromatic N) is 2. The standard InChI is InChI=1S/C17H20N2O3.C2HF3O2/c1-2-8-18-16(5-1)22-15-7-6-14-17(15)21-11-9-19(14)12-13-4-3-10-20-13;3-2(4,5)1(6)7/h1-5,8,10,14-15,17H,6-7,9,11-12H2;(H,6,7)/t14-,15-,17+;/m0./s1. The van der Waals surface area contributed by atoms with E-state index < -0.39 is 12.1 Å². The quantitative estimate of drug-likeness (QED) is 0.823. The zero-order chi connectivity index (χ0) is 20.9. The van der Waals surface area contributed by atoms with E-state index in [1.807, 2.05) is 30.3 Å². The predicted molar refractivity (Wildman–Crippen MR) is 94.2 cm³/mol. The van der Waals surface area contributed by atoms with E-state index in [0.29, 0.717) is 11.9 Å². The number of carbonyl (C=O) groups is 1. The molecule has 3 atom stereocenters. The summed E-state index contributed by atoms with van der Waals surface area (Å²) >= 11 is 0. The van der Waals surface area contributed by atoms with Crippen LogP contribution in [0.3, 0.4) is 0 Å². The Bertz CT molecular complexity index is 770. The van der Waals surface area contributed by atoms with Crippen LogP contribution in [-0.2, 0) is 16.1 Å². The van der Waals surface area contributed by atoms with Crippen molar-refractivity contribution < 1.29 is 37.0 Å². The zero-order valence-corrected chi connectivity index (χ0v) is 15.4. The second kappa shape index (κ2) is 9.27. The van der Waals surface area contributed by atoms with E-state index in [1.165, 1.54) is 0 Å². The van der Waals surface area contributed by atoms with Crippen molar-refractivity contribution in [2.45, 2.75) is 43.8 Å². The average molecular weight is 414 g/mol. The van der Waals surface area contributed by atoms with Gasteiger partial charge in [-0.25, -0.2) is 9.78 Å². The third kappa shape index (κ3) is 5.70. The number of hydrogen-bond acceptors (Lipinski definition) is 6. The molecule has 1 saturated heterocycles. The molecule has 4 rings (SSSR count). The van der Waals surface area contributed by atoms with Gasteiger partial charge >= 0.3 is 12.1 Å². The van der Waals surface area contributed by atoms with Gasteiger partial charge in [0.05, 0.1) is 19.4 Å². The number of carboxylic acid groups (broad SMARTS) is 1. The summed E-state index contributed by atoms with van der Waals surface area (Å²) in [5.41, 5.74) is 0. The van der Waals surface area contributed by atoms with Gasteiger partial charge in [-0.1, -0.05) is 6.07 Å². The molecular weight excluding hydrogens is 393 g/mol. The molecule has 2 aliphatic rings. The fraction of sp³-hybridized carbons (Fsp3) is 0.474. The molecule has 7 nitrogen and oxygen atoms in total. The number of ether oxygens (including phenoxy) is 2. The van der Waals surface area contributed by atoms with Crippen molar-refractivity contribution in [3.8, 4) is 5.88 Å². The molecule has 158 valence electrons. The van der Waals surface area contributed by atoms with Crippen molar-refractivity contribution in [2.75, 3.05) is 13.2 Å². The van der Waals surface area contributed by atoms with Crippen LogP contribution in [0.25, 0.3) is 0 Å². The topological polar surface area (TPSA) is 85.0 Å². The summed E-state index contributed by atoms with van der Waals surface area (Å²) < 4.78 is 49.3. The highest BCUT2D eigenvalue weighted by atomic mass is 19.4. The Balaban J connectivity index is 0.000000298. The minimum atomic E-state index is -5.08. The summed E-state index contributed by atoms with van der Waals surface area (Å²) in [7, 11) is 0. The molecule has 0 radical (unpaired) electrons. The van der Waals surface area contributed by atoms with Crippen LogP contribution in [-0.4, -0.2) is 58.5 Å². The van der Waals surface area contributed by atoms with Crippen LogP contribution in [0.2, 0.25) is 0 Å². The third-order valence-corrected chi connectivity index (χ3v) is 4.74. The van der Waals surface area contributed by atoms with Gasteiger partial charge in [-0.2, -0.15) is 13.2 Å². The number of rotatable bonds is 4. The molecule has 1 N–H and O–H groups in total. The van der Waals surface area contributed by atoms with E-state index in [-0.39, 0.29) is 12.2 Å². The molecule has 1 aliphatic carbocycles. The van der Waals surface area contributed by atoms with E-state index in [2.05, 4.69) is 9.88 Å². The highest BCUT2D eigenvalue weighted by Gasteiger charge is 2.44. The molecule has 2 aromatic rings. The number of alkyl halides is 3. The second-order valence-corrected chi connectivity index (χ2v) is 6.66. The van der Waals surface area contributed by atoms with Gasteiger partial charge in [-0.15, -0.1) is 0 Å². The molecule has 1 saturated carbocycles. The molecule has 0 bridgehead atoms. The van der Waals surface area contributed by atoms with Gasteiger partial charge in [0.25, 0.3) is 0 Å². The first kappa shape index (κ1) is 21.1. The van der Waals surface area contributed by atoms with Crippen molar-refractivity contribution in [3.63, 3.8) is 0 Å². The SMILES string of the molecule is O=C(O)C(F)(F)F.c1ccc(O[C@H]2CC[C@H]3[C@H]2OCCN3Cc2ccco2)nc1. The van der Waals surface area contributed by atoms with Crippen LogP contribution in [0.5, 0.6) is 5.88 Å². The second-order valence-electron chi connectivity index (χ2n) is 6.66. The number of furan rings is 1. The molecule has 2 aromatic heterocycles. The largest absolute Gasteiger partial charge is 0.490 e. The van der Waals surface area contributed by atoms with Gasteiger partial charge in [0.2, 0.25) is 5.88 Å². The fourth-order valence-electron chi connectivity index (χ4n) is 3.49. The Morgan fingerprint density at radius 1 is 1.28 bits per heavy atom. The summed E-state index contributed by atoms with van der Waals surface area (Å²) in [5.74, 6) is -1.07. The van der Waals surface area contributed by atoms with E-state index in [0.717, 1.165) is 38.3 Å². The first-order valence-corrected chi connectivity index (χ1v) is 9.10. The number of carboxylic acids is 1. The van der Waals surface area contributed by atoms with Crippen molar-refractivity contribution in [3.05, 3.63) is 48.6 Å². The fourth-order valence-corrected chi connectivity index (χ4v) is 3.49. The summed E-state index contributed by atoms with van der Waals surface area (Å²) in [6.45, 7) is 2.52. The Labute approximate surface area is 165 Å². The van der Waals surface area contributed by atoms with E-state index in [9.17, 15) is 13.2 Å². The van der Waals surface area contributed by atoms with Gasteiger partial charge in [0, 0.05) is 24.8 Å². The molecule has 1 aliphatic heterocycles. The predicted octanol–water partition coefficient (Wildman–Crippen LogP) is 3.12. The Morgan fingerprint density at radius 3 is 2.69 bits per heavy atom. The van der Waals surface area contributed by atoms with Crippen LogP contribution >= 0.6 is 0 Å². The lowest BCUT2D eigenvalue weighted by Gasteiger charge is -2.38. The highest BCUT2D eigenvalue weighted by Crippen LogP contribution is 2.33. The molecule has 0 unspecified atom stereocenters. The summed E-state index contributed by atoms with van der Waals surface area (Å²) in [6.07, 6.45) is 0.690. The molecule has 3 heterocycles. The highest BCUT2D eigenvalue weighted by molar-refractivity contribution is 5.73. The maximum Gasteiger partial charge on any atom is 0.490 e. The van der Waals surface area contributed by atoms with Crippen LogP contribution in [0.1, 0.15) is 18.6 Å². The lowest BCUT2D eigenvalue weighted by atomic mass is 10.1. The Hall–Kier alpha value is -2.59. The summed E-state index contributed by atoms with van der Waals surface area (Å²) in [5, 5.41) is 7.12. The van der Waals surface area contributed by atoms with Crippen LogP contribution in [0.4, 0.5) is 13.2 Å². The van der Waals surface area contributed by atoms with Gasteiger partial charge < -0.3 is 19.0 Å².